The molecule has 1 fully saturated rings. The SMILES string of the molecule is CC(C)OCCNC(=O)C1CCN(c2nc(-c3ccccc3)nc3c2CCC3)CC1. The fraction of sp³-hybridized carbons (Fsp3) is 0.542. The van der Waals surface area contributed by atoms with Crippen molar-refractivity contribution < 1.29 is 9.53 Å². The number of anilines is 1. The van der Waals surface area contributed by atoms with Crippen LogP contribution in [0, 0.1) is 5.92 Å². The van der Waals surface area contributed by atoms with Gasteiger partial charge in [0.2, 0.25) is 5.91 Å². The molecule has 2 aromatic rings. The van der Waals surface area contributed by atoms with E-state index in [-0.39, 0.29) is 17.9 Å². The van der Waals surface area contributed by atoms with Crippen LogP contribution in [0.15, 0.2) is 30.3 Å². The molecule has 0 atom stereocenters. The molecule has 1 aromatic carbocycles. The number of nitrogens with zero attached hydrogens (tertiary/aromatic N) is 3. The number of aryl methyl sites for hydroxylation is 1. The van der Waals surface area contributed by atoms with Gasteiger partial charge in [0.1, 0.15) is 5.82 Å². The fourth-order valence-electron chi connectivity index (χ4n) is 4.36. The Hall–Kier alpha value is -2.47. The predicted molar refractivity (Wildman–Crippen MR) is 119 cm³/mol. The van der Waals surface area contributed by atoms with Gasteiger partial charge >= 0.3 is 0 Å². The second-order valence-electron chi connectivity index (χ2n) is 8.49. The maximum Gasteiger partial charge on any atom is 0.223 e. The molecule has 2 aliphatic rings. The molecule has 6 heteroatoms. The molecule has 0 spiro atoms. The van der Waals surface area contributed by atoms with Gasteiger partial charge in [0.15, 0.2) is 5.82 Å². The molecule has 6 nitrogen and oxygen atoms in total. The number of piperidine rings is 1. The van der Waals surface area contributed by atoms with Crippen LogP contribution in [-0.4, -0.2) is 48.2 Å². The zero-order valence-electron chi connectivity index (χ0n) is 18.1. The lowest BCUT2D eigenvalue weighted by molar-refractivity contribution is -0.125. The molecule has 1 N–H and O–H groups in total. The van der Waals surface area contributed by atoms with Gasteiger partial charge in [-0.25, -0.2) is 9.97 Å². The zero-order chi connectivity index (χ0) is 20.9. The molecule has 0 saturated carbocycles. The van der Waals surface area contributed by atoms with Gasteiger partial charge in [0.05, 0.1) is 12.7 Å². The van der Waals surface area contributed by atoms with E-state index in [1.165, 1.54) is 11.3 Å². The van der Waals surface area contributed by atoms with Gasteiger partial charge in [-0.3, -0.25) is 4.79 Å². The number of rotatable bonds is 7. The molecule has 30 heavy (non-hydrogen) atoms. The first-order valence-corrected chi connectivity index (χ1v) is 11.2. The molecule has 2 heterocycles. The predicted octanol–water partition coefficient (Wildman–Crippen LogP) is 3.39. The van der Waals surface area contributed by atoms with Gasteiger partial charge in [-0.15, -0.1) is 0 Å². The molecule has 0 bridgehead atoms. The summed E-state index contributed by atoms with van der Waals surface area (Å²) < 4.78 is 5.51. The van der Waals surface area contributed by atoms with Crippen molar-refractivity contribution in [2.24, 2.45) is 5.92 Å². The van der Waals surface area contributed by atoms with E-state index in [0.717, 1.165) is 62.4 Å². The topological polar surface area (TPSA) is 67.3 Å². The monoisotopic (exact) mass is 408 g/mol. The summed E-state index contributed by atoms with van der Waals surface area (Å²) in [4.78, 5) is 24.7. The van der Waals surface area contributed by atoms with Gasteiger partial charge in [0.25, 0.3) is 0 Å². The van der Waals surface area contributed by atoms with E-state index in [0.29, 0.717) is 13.2 Å². The van der Waals surface area contributed by atoms with E-state index >= 15 is 0 Å². The zero-order valence-corrected chi connectivity index (χ0v) is 18.1. The number of ether oxygens (including phenoxy) is 1. The van der Waals surface area contributed by atoms with Gasteiger partial charge in [-0.1, -0.05) is 30.3 Å². The highest BCUT2D eigenvalue weighted by atomic mass is 16.5. The van der Waals surface area contributed by atoms with E-state index in [1.807, 2.05) is 32.0 Å². The molecular formula is C24H32N4O2. The molecule has 160 valence electrons. The standard InChI is InChI=1S/C24H32N4O2/c1-17(2)30-16-13-25-24(29)19-11-14-28(15-12-19)23-20-9-6-10-21(20)26-22(27-23)18-7-4-3-5-8-18/h3-5,7-8,17,19H,6,9-16H2,1-2H3,(H,25,29). The number of aromatic nitrogens is 2. The van der Waals surface area contributed by atoms with E-state index < -0.39 is 0 Å². The average Bonchev–Trinajstić information content (AvgIpc) is 3.25. The minimum atomic E-state index is 0.0729. The van der Waals surface area contributed by atoms with Crippen molar-refractivity contribution >= 4 is 11.7 Å². The summed E-state index contributed by atoms with van der Waals surface area (Å²) in [6.45, 7) is 6.88. The second kappa shape index (κ2) is 9.56. The number of hydrogen-bond acceptors (Lipinski definition) is 5. The Morgan fingerprint density at radius 1 is 1.17 bits per heavy atom. The number of fused-ring (bicyclic) bond motifs is 1. The van der Waals surface area contributed by atoms with Crippen molar-refractivity contribution in [1.29, 1.82) is 0 Å². The third-order valence-electron chi connectivity index (χ3n) is 5.96. The van der Waals surface area contributed by atoms with Crippen LogP contribution >= 0.6 is 0 Å². The highest BCUT2D eigenvalue weighted by Gasteiger charge is 2.29. The van der Waals surface area contributed by atoms with Gasteiger partial charge in [-0.05, 0) is 46.0 Å². The van der Waals surface area contributed by atoms with Crippen LogP contribution < -0.4 is 10.2 Å². The third-order valence-corrected chi connectivity index (χ3v) is 5.96. The Morgan fingerprint density at radius 2 is 1.93 bits per heavy atom. The smallest absolute Gasteiger partial charge is 0.223 e. The van der Waals surface area contributed by atoms with Gasteiger partial charge in [-0.2, -0.15) is 0 Å². The summed E-state index contributed by atoms with van der Waals surface area (Å²) in [6.07, 6.45) is 5.14. The Labute approximate surface area is 179 Å². The van der Waals surface area contributed by atoms with Crippen molar-refractivity contribution in [3.05, 3.63) is 41.6 Å². The fourth-order valence-corrected chi connectivity index (χ4v) is 4.36. The van der Waals surface area contributed by atoms with Gasteiger partial charge in [0, 0.05) is 42.4 Å². The molecule has 0 radical (unpaired) electrons. The largest absolute Gasteiger partial charge is 0.377 e. The number of benzene rings is 1. The maximum atomic E-state index is 12.5. The second-order valence-corrected chi connectivity index (χ2v) is 8.49. The van der Waals surface area contributed by atoms with Crippen LogP contribution in [0.3, 0.4) is 0 Å². The number of carbonyl (C=O) groups is 1. The van der Waals surface area contributed by atoms with Crippen LogP contribution in [-0.2, 0) is 22.4 Å². The number of hydrogen-bond donors (Lipinski definition) is 1. The minimum Gasteiger partial charge on any atom is -0.377 e. The number of nitrogens with one attached hydrogen (secondary N) is 1. The van der Waals surface area contributed by atoms with E-state index in [4.69, 9.17) is 14.7 Å². The highest BCUT2D eigenvalue weighted by Crippen LogP contribution is 2.33. The van der Waals surface area contributed by atoms with Crippen LogP contribution in [0.4, 0.5) is 5.82 Å². The Balaban J connectivity index is 1.41. The van der Waals surface area contributed by atoms with Gasteiger partial charge < -0.3 is 15.0 Å². The lowest BCUT2D eigenvalue weighted by atomic mass is 9.95. The molecule has 1 aliphatic heterocycles. The molecule has 1 aromatic heterocycles. The van der Waals surface area contributed by atoms with E-state index in [9.17, 15) is 4.79 Å². The van der Waals surface area contributed by atoms with Crippen LogP contribution in [0.25, 0.3) is 11.4 Å². The third kappa shape index (κ3) is 4.81. The molecule has 1 amide bonds. The normalized spacial score (nSPS) is 16.7. The quantitative estimate of drug-likeness (QED) is 0.712. The first-order valence-electron chi connectivity index (χ1n) is 11.2. The lowest BCUT2D eigenvalue weighted by Crippen LogP contribution is -2.42. The number of amides is 1. The summed E-state index contributed by atoms with van der Waals surface area (Å²) in [6, 6.07) is 10.2. The van der Waals surface area contributed by atoms with Crippen molar-refractivity contribution in [1.82, 2.24) is 15.3 Å². The van der Waals surface area contributed by atoms with Crippen molar-refractivity contribution in [3.63, 3.8) is 0 Å². The molecular weight excluding hydrogens is 376 g/mol. The average molecular weight is 409 g/mol. The van der Waals surface area contributed by atoms with E-state index in [2.05, 4.69) is 22.3 Å². The van der Waals surface area contributed by atoms with E-state index in [1.54, 1.807) is 0 Å². The molecule has 1 aliphatic carbocycles. The Morgan fingerprint density at radius 3 is 2.67 bits per heavy atom. The maximum absolute atomic E-state index is 12.5. The van der Waals surface area contributed by atoms with Crippen molar-refractivity contribution in [2.45, 2.75) is 52.1 Å². The minimum absolute atomic E-state index is 0.0729. The summed E-state index contributed by atoms with van der Waals surface area (Å²) in [7, 11) is 0. The van der Waals surface area contributed by atoms with Crippen molar-refractivity contribution in [2.75, 3.05) is 31.1 Å². The van der Waals surface area contributed by atoms with Crippen LogP contribution in [0.5, 0.6) is 0 Å². The number of carbonyl (C=O) groups excluding carboxylic acids is 1. The first-order chi connectivity index (χ1) is 14.6. The summed E-state index contributed by atoms with van der Waals surface area (Å²) >= 11 is 0. The first kappa shape index (κ1) is 20.8. The highest BCUT2D eigenvalue weighted by molar-refractivity contribution is 5.79. The Kier molecular flexibility index (Phi) is 6.62. The summed E-state index contributed by atoms with van der Waals surface area (Å²) in [5.74, 6) is 2.13. The Bertz CT molecular complexity index is 861. The lowest BCUT2D eigenvalue weighted by Gasteiger charge is -2.33. The van der Waals surface area contributed by atoms with Crippen LogP contribution in [0.1, 0.15) is 44.4 Å². The summed E-state index contributed by atoms with van der Waals surface area (Å²) in [5, 5.41) is 3.03. The molecule has 0 unspecified atom stereocenters. The van der Waals surface area contributed by atoms with Crippen LogP contribution in [0.2, 0.25) is 0 Å². The molecule has 4 rings (SSSR count). The van der Waals surface area contributed by atoms with Crippen molar-refractivity contribution in [3.8, 4) is 11.4 Å². The summed E-state index contributed by atoms with van der Waals surface area (Å²) in [5.41, 5.74) is 3.57. The molecule has 1 saturated heterocycles.